The predicted molar refractivity (Wildman–Crippen MR) is 112 cm³/mol. The second-order valence-electron chi connectivity index (χ2n) is 7.92. The van der Waals surface area contributed by atoms with Crippen molar-refractivity contribution in [2.45, 2.75) is 13.0 Å². The lowest BCUT2D eigenvalue weighted by atomic mass is 9.85. The molecule has 0 spiro atoms. The molecule has 0 radical (unpaired) electrons. The Morgan fingerprint density at radius 2 is 1.73 bits per heavy atom. The van der Waals surface area contributed by atoms with Crippen molar-refractivity contribution in [3.63, 3.8) is 0 Å². The highest BCUT2D eigenvalue weighted by atomic mass is 35.5. The summed E-state index contributed by atoms with van der Waals surface area (Å²) in [5.74, 6) is -1.02. The molecule has 2 fully saturated rings. The summed E-state index contributed by atoms with van der Waals surface area (Å²) >= 11 is 6.15. The van der Waals surface area contributed by atoms with Crippen molar-refractivity contribution < 1.29 is 14.5 Å². The Morgan fingerprint density at radius 1 is 1.07 bits per heavy atom. The number of fused-ring (bicyclic) bond motifs is 5. The minimum absolute atomic E-state index is 0.0907. The lowest BCUT2D eigenvalue weighted by molar-refractivity contribution is -0.383. The summed E-state index contributed by atoms with van der Waals surface area (Å²) in [6.07, 6.45) is 4.88. The first kappa shape index (κ1) is 18.8. The molecule has 1 saturated heterocycles. The van der Waals surface area contributed by atoms with Crippen molar-refractivity contribution in [2.75, 3.05) is 10.2 Å². The first-order chi connectivity index (χ1) is 14.5. The highest BCUT2D eigenvalue weighted by Crippen LogP contribution is 2.53. The number of hydrogen-bond acceptors (Lipinski definition) is 5. The molecule has 30 heavy (non-hydrogen) atoms. The van der Waals surface area contributed by atoms with Crippen LogP contribution in [0.4, 0.5) is 17.1 Å². The number of halogens is 1. The molecular formula is C22H18ClN3O4. The molecule has 3 aliphatic rings. The van der Waals surface area contributed by atoms with E-state index >= 15 is 0 Å². The summed E-state index contributed by atoms with van der Waals surface area (Å²) in [5, 5.41) is 15.3. The maximum absolute atomic E-state index is 13.0. The number of nitrogens with one attached hydrogen (secondary N) is 1. The van der Waals surface area contributed by atoms with Crippen LogP contribution in [0.5, 0.6) is 0 Å². The summed E-state index contributed by atoms with van der Waals surface area (Å²) in [7, 11) is 0. The molecule has 152 valence electrons. The van der Waals surface area contributed by atoms with E-state index in [4.69, 9.17) is 11.6 Å². The maximum Gasteiger partial charge on any atom is 0.294 e. The number of anilines is 2. The van der Waals surface area contributed by atoms with Crippen LogP contribution in [-0.2, 0) is 16.1 Å². The van der Waals surface area contributed by atoms with Crippen molar-refractivity contribution in [3.8, 4) is 0 Å². The molecule has 4 atom stereocenters. The van der Waals surface area contributed by atoms with E-state index in [0.29, 0.717) is 17.3 Å². The first-order valence-corrected chi connectivity index (χ1v) is 10.2. The molecule has 0 unspecified atom stereocenters. The molecule has 7 nitrogen and oxygen atoms in total. The van der Waals surface area contributed by atoms with Gasteiger partial charge < -0.3 is 5.32 Å². The van der Waals surface area contributed by atoms with E-state index in [1.165, 1.54) is 12.1 Å². The fourth-order valence-corrected chi connectivity index (χ4v) is 5.15. The molecule has 2 aliphatic carbocycles. The van der Waals surface area contributed by atoms with Crippen LogP contribution in [0.25, 0.3) is 0 Å². The van der Waals surface area contributed by atoms with Crippen molar-refractivity contribution >= 4 is 40.5 Å². The number of nitrogens with zero attached hydrogens (tertiary/aromatic N) is 2. The van der Waals surface area contributed by atoms with Crippen LogP contribution >= 0.6 is 11.6 Å². The molecule has 0 aromatic heterocycles. The van der Waals surface area contributed by atoms with Crippen LogP contribution < -0.4 is 10.2 Å². The van der Waals surface area contributed by atoms with Gasteiger partial charge in [-0.1, -0.05) is 42.0 Å². The Hall–Kier alpha value is -3.19. The lowest BCUT2D eigenvalue weighted by Crippen LogP contribution is -2.32. The van der Waals surface area contributed by atoms with Gasteiger partial charge in [-0.15, -0.1) is 0 Å². The van der Waals surface area contributed by atoms with Gasteiger partial charge in [-0.2, -0.15) is 0 Å². The fraction of sp³-hybridized carbons (Fsp3) is 0.273. The molecule has 2 aromatic carbocycles. The summed E-state index contributed by atoms with van der Waals surface area (Å²) in [6, 6.07) is 11.6. The van der Waals surface area contributed by atoms with Gasteiger partial charge in [0.1, 0.15) is 5.69 Å². The summed E-state index contributed by atoms with van der Waals surface area (Å²) in [4.78, 5) is 38.2. The smallest absolute Gasteiger partial charge is 0.294 e. The van der Waals surface area contributed by atoms with Crippen molar-refractivity contribution in [2.24, 2.45) is 23.7 Å². The van der Waals surface area contributed by atoms with Gasteiger partial charge in [0.2, 0.25) is 11.8 Å². The van der Waals surface area contributed by atoms with E-state index < -0.39 is 4.92 Å². The molecule has 2 amide bonds. The summed E-state index contributed by atoms with van der Waals surface area (Å²) in [6.45, 7) is 0.306. The van der Waals surface area contributed by atoms with Crippen LogP contribution in [0, 0.1) is 33.8 Å². The van der Waals surface area contributed by atoms with Crippen molar-refractivity contribution in [1.29, 1.82) is 0 Å². The van der Waals surface area contributed by atoms with E-state index in [1.807, 2.05) is 30.4 Å². The highest BCUT2D eigenvalue weighted by Gasteiger charge is 2.59. The Balaban J connectivity index is 1.43. The Kier molecular flexibility index (Phi) is 4.36. The van der Waals surface area contributed by atoms with Gasteiger partial charge in [-0.25, -0.2) is 4.90 Å². The third-order valence-electron chi connectivity index (χ3n) is 6.33. The number of nitro groups is 1. The van der Waals surface area contributed by atoms with Crippen molar-refractivity contribution in [1.82, 2.24) is 0 Å². The minimum Gasteiger partial charge on any atom is -0.375 e. The Morgan fingerprint density at radius 3 is 2.37 bits per heavy atom. The van der Waals surface area contributed by atoms with Crippen LogP contribution in [0.2, 0.25) is 5.02 Å². The number of benzene rings is 2. The monoisotopic (exact) mass is 423 g/mol. The first-order valence-electron chi connectivity index (χ1n) is 9.77. The van der Waals surface area contributed by atoms with Gasteiger partial charge >= 0.3 is 0 Å². The maximum atomic E-state index is 13.0. The number of hydrogen-bond donors (Lipinski definition) is 1. The van der Waals surface area contributed by atoms with E-state index in [0.717, 1.165) is 16.9 Å². The molecule has 2 bridgehead atoms. The number of imide groups is 1. The third-order valence-corrected chi connectivity index (χ3v) is 6.70. The normalized spacial score (nSPS) is 26.4. The quantitative estimate of drug-likeness (QED) is 0.337. The van der Waals surface area contributed by atoms with E-state index in [-0.39, 0.29) is 46.9 Å². The van der Waals surface area contributed by atoms with Crippen LogP contribution in [0.1, 0.15) is 12.0 Å². The third kappa shape index (κ3) is 2.81. The number of carbonyl (C=O) groups excluding carboxylic acids is 2. The molecule has 5 rings (SSSR count). The predicted octanol–water partition coefficient (Wildman–Crippen LogP) is 4.17. The fourth-order valence-electron chi connectivity index (χ4n) is 4.95. The van der Waals surface area contributed by atoms with Crippen LogP contribution in [0.3, 0.4) is 0 Å². The molecule has 1 aliphatic heterocycles. The van der Waals surface area contributed by atoms with Gasteiger partial charge in [-0.3, -0.25) is 19.7 Å². The van der Waals surface area contributed by atoms with Gasteiger partial charge in [-0.05, 0) is 42.0 Å². The standard InChI is InChI=1S/C22H18ClN3O4/c23-16-4-2-1-3-14(16)11-24-17-8-7-15(10-18(17)26(29)30)25-21(27)19-12-5-6-13(9-12)20(19)22(25)28/h1-8,10,12-13,19-20,24H,9,11H2/t12-,13-,19-,20+/m0/s1. The van der Waals surface area contributed by atoms with Gasteiger partial charge in [0.15, 0.2) is 0 Å². The van der Waals surface area contributed by atoms with Crippen LogP contribution in [-0.4, -0.2) is 16.7 Å². The molecule has 1 heterocycles. The number of rotatable bonds is 5. The van der Waals surface area contributed by atoms with Gasteiger partial charge in [0, 0.05) is 17.6 Å². The van der Waals surface area contributed by atoms with E-state index in [2.05, 4.69) is 5.32 Å². The molecule has 1 saturated carbocycles. The minimum atomic E-state index is -0.518. The SMILES string of the molecule is O=C1[C@@H]2[C@H](C(=O)N1c1ccc(NCc3ccccc3Cl)c([N+](=O)[O-])c1)[C@H]1C=C[C@H]2C1. The number of amides is 2. The number of nitro benzene ring substituents is 1. The van der Waals surface area contributed by atoms with Gasteiger partial charge in [0.25, 0.3) is 5.69 Å². The largest absolute Gasteiger partial charge is 0.375 e. The average Bonchev–Trinajstić information content (AvgIpc) is 3.41. The number of carbonyl (C=O) groups is 2. The highest BCUT2D eigenvalue weighted by molar-refractivity contribution is 6.31. The molecule has 8 heteroatoms. The molecule has 1 N–H and O–H groups in total. The zero-order chi connectivity index (χ0) is 21.0. The van der Waals surface area contributed by atoms with Crippen LogP contribution in [0.15, 0.2) is 54.6 Å². The topological polar surface area (TPSA) is 92.6 Å². The summed E-state index contributed by atoms with van der Waals surface area (Å²) < 4.78 is 0. The molecular weight excluding hydrogens is 406 g/mol. The average molecular weight is 424 g/mol. The lowest BCUT2D eigenvalue weighted by Gasteiger charge is -2.18. The summed E-state index contributed by atoms with van der Waals surface area (Å²) in [5.41, 5.74) is 1.15. The second-order valence-corrected chi connectivity index (χ2v) is 8.32. The second kappa shape index (κ2) is 6.95. The Bertz CT molecular complexity index is 1090. The zero-order valence-corrected chi connectivity index (χ0v) is 16.6. The Labute approximate surface area is 177 Å². The molecule has 2 aromatic rings. The van der Waals surface area contributed by atoms with Gasteiger partial charge in [0.05, 0.1) is 22.4 Å². The van der Waals surface area contributed by atoms with E-state index in [1.54, 1.807) is 12.1 Å². The van der Waals surface area contributed by atoms with E-state index in [9.17, 15) is 19.7 Å². The number of allylic oxidation sites excluding steroid dienone is 2. The van der Waals surface area contributed by atoms with Crippen molar-refractivity contribution in [3.05, 3.63) is 75.3 Å². The zero-order valence-electron chi connectivity index (χ0n) is 15.8.